The Hall–Kier alpha value is -2.36. The number of para-hydroxylation sites is 2. The predicted molar refractivity (Wildman–Crippen MR) is 83.6 cm³/mol. The largest absolute Gasteiger partial charge is 0.398 e. The Balaban J connectivity index is 2.07. The van der Waals surface area contributed by atoms with Crippen molar-refractivity contribution in [2.45, 2.75) is 26.3 Å². The second-order valence-corrected chi connectivity index (χ2v) is 5.19. The minimum atomic E-state index is -0.266. The van der Waals surface area contributed by atoms with E-state index in [1.165, 1.54) is 12.1 Å². The summed E-state index contributed by atoms with van der Waals surface area (Å²) in [5.74, 6) is 0.660. The zero-order valence-corrected chi connectivity index (χ0v) is 12.0. The number of halogens is 1. The van der Waals surface area contributed by atoms with E-state index in [-0.39, 0.29) is 5.82 Å². The van der Waals surface area contributed by atoms with Crippen LogP contribution in [0, 0.1) is 5.82 Å². The molecule has 0 saturated carbocycles. The Bertz CT molecular complexity index is 777. The molecule has 4 heteroatoms. The van der Waals surface area contributed by atoms with E-state index in [1.54, 1.807) is 6.07 Å². The molecule has 3 aromatic rings. The third-order valence-electron chi connectivity index (χ3n) is 3.63. The highest BCUT2D eigenvalue weighted by Gasteiger charge is 2.12. The van der Waals surface area contributed by atoms with Gasteiger partial charge in [0.05, 0.1) is 11.0 Å². The number of nitrogen functional groups attached to an aromatic ring is 1. The van der Waals surface area contributed by atoms with Crippen LogP contribution in [0.3, 0.4) is 0 Å². The van der Waals surface area contributed by atoms with Gasteiger partial charge in [-0.15, -0.1) is 0 Å². The van der Waals surface area contributed by atoms with Gasteiger partial charge in [0, 0.05) is 18.7 Å². The molecule has 3 rings (SSSR count). The number of rotatable bonds is 4. The first-order valence-electron chi connectivity index (χ1n) is 7.17. The van der Waals surface area contributed by atoms with Gasteiger partial charge in [0.2, 0.25) is 0 Å². The number of hydrogen-bond acceptors (Lipinski definition) is 2. The number of benzene rings is 2. The summed E-state index contributed by atoms with van der Waals surface area (Å²) in [7, 11) is 0. The summed E-state index contributed by atoms with van der Waals surface area (Å²) in [6.07, 6.45) is 1.56. The van der Waals surface area contributed by atoms with Crippen LogP contribution in [0.5, 0.6) is 0 Å². The van der Waals surface area contributed by atoms with E-state index in [4.69, 9.17) is 5.73 Å². The number of nitrogens with zero attached hydrogens (tertiary/aromatic N) is 2. The summed E-state index contributed by atoms with van der Waals surface area (Å²) in [6, 6.07) is 12.5. The van der Waals surface area contributed by atoms with Crippen LogP contribution in [-0.4, -0.2) is 9.55 Å². The first kappa shape index (κ1) is 13.6. The molecule has 2 N–H and O–H groups in total. The summed E-state index contributed by atoms with van der Waals surface area (Å²) in [5.41, 5.74) is 9.42. The average molecular weight is 283 g/mol. The summed E-state index contributed by atoms with van der Waals surface area (Å²) >= 11 is 0. The van der Waals surface area contributed by atoms with Gasteiger partial charge in [0.1, 0.15) is 11.6 Å². The fourth-order valence-electron chi connectivity index (χ4n) is 2.63. The molecule has 0 amide bonds. The third-order valence-corrected chi connectivity index (χ3v) is 3.63. The van der Waals surface area contributed by atoms with Gasteiger partial charge in [-0.05, 0) is 42.3 Å². The van der Waals surface area contributed by atoms with E-state index >= 15 is 0 Å². The zero-order valence-electron chi connectivity index (χ0n) is 12.0. The van der Waals surface area contributed by atoms with E-state index in [9.17, 15) is 4.39 Å². The Morgan fingerprint density at radius 2 is 2.00 bits per heavy atom. The summed E-state index contributed by atoms with van der Waals surface area (Å²) < 4.78 is 15.6. The van der Waals surface area contributed by atoms with Gasteiger partial charge in [-0.25, -0.2) is 9.37 Å². The maximum absolute atomic E-state index is 13.4. The van der Waals surface area contributed by atoms with Gasteiger partial charge in [-0.3, -0.25) is 0 Å². The van der Waals surface area contributed by atoms with Crippen molar-refractivity contribution in [2.75, 3.05) is 5.73 Å². The highest BCUT2D eigenvalue weighted by atomic mass is 19.1. The van der Waals surface area contributed by atoms with Gasteiger partial charge in [-0.1, -0.05) is 19.1 Å². The molecule has 0 saturated heterocycles. The highest BCUT2D eigenvalue weighted by molar-refractivity contribution is 5.76. The van der Waals surface area contributed by atoms with Crippen molar-refractivity contribution in [3.63, 3.8) is 0 Å². The number of aryl methyl sites for hydroxylation is 1. The van der Waals surface area contributed by atoms with E-state index in [0.29, 0.717) is 12.1 Å². The van der Waals surface area contributed by atoms with Gasteiger partial charge in [0.15, 0.2) is 0 Å². The van der Waals surface area contributed by atoms with Crippen LogP contribution < -0.4 is 5.73 Å². The van der Waals surface area contributed by atoms with Crippen molar-refractivity contribution in [3.8, 4) is 0 Å². The fraction of sp³-hybridized carbons (Fsp3) is 0.235. The molecule has 0 radical (unpaired) electrons. The Kier molecular flexibility index (Phi) is 3.60. The molecule has 0 spiro atoms. The molecule has 0 fully saturated rings. The standard InChI is InChI=1S/C17H18FN3/c1-2-9-21-16-6-4-3-5-15(16)20-17(21)11-12-10-13(18)7-8-14(12)19/h3-8,10H,2,9,11,19H2,1H3. The van der Waals surface area contributed by atoms with Crippen molar-refractivity contribution in [1.29, 1.82) is 0 Å². The highest BCUT2D eigenvalue weighted by Crippen LogP contribution is 2.22. The van der Waals surface area contributed by atoms with E-state index in [0.717, 1.165) is 35.4 Å². The molecule has 0 aliphatic carbocycles. The average Bonchev–Trinajstić information content (AvgIpc) is 2.81. The molecule has 1 heterocycles. The molecule has 0 bridgehead atoms. The van der Waals surface area contributed by atoms with Gasteiger partial charge in [-0.2, -0.15) is 0 Å². The molecular weight excluding hydrogens is 265 g/mol. The van der Waals surface area contributed by atoms with Crippen molar-refractivity contribution >= 4 is 16.7 Å². The van der Waals surface area contributed by atoms with E-state index < -0.39 is 0 Å². The molecule has 2 aromatic carbocycles. The Morgan fingerprint density at radius 3 is 2.81 bits per heavy atom. The first-order chi connectivity index (χ1) is 10.2. The van der Waals surface area contributed by atoms with Gasteiger partial charge in [0.25, 0.3) is 0 Å². The van der Waals surface area contributed by atoms with Gasteiger partial charge >= 0.3 is 0 Å². The topological polar surface area (TPSA) is 43.8 Å². The lowest BCUT2D eigenvalue weighted by atomic mass is 10.1. The Labute approximate surface area is 123 Å². The number of fused-ring (bicyclic) bond motifs is 1. The quantitative estimate of drug-likeness (QED) is 0.741. The molecule has 0 unspecified atom stereocenters. The molecule has 3 nitrogen and oxygen atoms in total. The fourth-order valence-corrected chi connectivity index (χ4v) is 2.63. The second-order valence-electron chi connectivity index (χ2n) is 5.19. The van der Waals surface area contributed by atoms with Crippen LogP contribution in [0.25, 0.3) is 11.0 Å². The molecule has 0 aliphatic rings. The third kappa shape index (κ3) is 2.61. The summed E-state index contributed by atoms with van der Waals surface area (Å²) in [6.45, 7) is 3.03. The number of anilines is 1. The van der Waals surface area contributed by atoms with Crippen LogP contribution in [0.1, 0.15) is 24.7 Å². The van der Waals surface area contributed by atoms with Crippen LogP contribution in [-0.2, 0) is 13.0 Å². The number of nitrogens with two attached hydrogens (primary N) is 1. The second kappa shape index (κ2) is 5.56. The van der Waals surface area contributed by atoms with Gasteiger partial charge < -0.3 is 10.3 Å². The smallest absolute Gasteiger partial charge is 0.123 e. The van der Waals surface area contributed by atoms with Crippen molar-refractivity contribution in [3.05, 3.63) is 59.7 Å². The molecule has 0 atom stereocenters. The molecule has 21 heavy (non-hydrogen) atoms. The minimum Gasteiger partial charge on any atom is -0.398 e. The molecular formula is C17H18FN3. The molecule has 108 valence electrons. The maximum Gasteiger partial charge on any atom is 0.123 e. The first-order valence-corrected chi connectivity index (χ1v) is 7.17. The number of aromatic nitrogens is 2. The molecule has 0 aliphatic heterocycles. The zero-order chi connectivity index (χ0) is 14.8. The van der Waals surface area contributed by atoms with Crippen LogP contribution in [0.4, 0.5) is 10.1 Å². The van der Waals surface area contributed by atoms with Crippen LogP contribution in [0.15, 0.2) is 42.5 Å². The molecule has 1 aromatic heterocycles. The van der Waals surface area contributed by atoms with E-state index in [1.807, 2.05) is 18.2 Å². The lowest BCUT2D eigenvalue weighted by molar-refractivity contribution is 0.624. The SMILES string of the molecule is CCCn1c(Cc2cc(F)ccc2N)nc2ccccc21. The lowest BCUT2D eigenvalue weighted by Crippen LogP contribution is -2.06. The minimum absolute atomic E-state index is 0.266. The summed E-state index contributed by atoms with van der Waals surface area (Å²) in [5, 5.41) is 0. The van der Waals surface area contributed by atoms with E-state index in [2.05, 4.69) is 22.5 Å². The van der Waals surface area contributed by atoms with Crippen LogP contribution >= 0.6 is 0 Å². The normalized spacial score (nSPS) is 11.1. The van der Waals surface area contributed by atoms with Crippen molar-refractivity contribution in [2.24, 2.45) is 0 Å². The van der Waals surface area contributed by atoms with Crippen molar-refractivity contribution < 1.29 is 4.39 Å². The number of imidazole rings is 1. The van der Waals surface area contributed by atoms with Crippen molar-refractivity contribution in [1.82, 2.24) is 9.55 Å². The number of hydrogen-bond donors (Lipinski definition) is 1. The van der Waals surface area contributed by atoms with Crippen LogP contribution in [0.2, 0.25) is 0 Å². The monoisotopic (exact) mass is 283 g/mol. The summed E-state index contributed by atoms with van der Waals surface area (Å²) in [4.78, 5) is 4.68. The predicted octanol–water partition coefficient (Wildman–Crippen LogP) is 3.76. The maximum atomic E-state index is 13.4. The Morgan fingerprint density at radius 1 is 1.19 bits per heavy atom. The lowest BCUT2D eigenvalue weighted by Gasteiger charge is -2.09.